The average Bonchev–Trinajstić information content (AvgIpc) is 3.25. The number of aliphatic hydroxyl groups is 2. The van der Waals surface area contributed by atoms with Crippen molar-refractivity contribution in [1.82, 2.24) is 0 Å². The molecular weight excluding hydrogens is 792 g/mol. The number of hydrogen-bond donors (Lipinski definition) is 3. The SMILES string of the molecule is CCCCCCCCCCCCC/C=C/C=C/C(=O)OC[C@H](COP(=O)(O)OC[C@@H](O)CO)OC(=O)CCCCCCCCCCCCCCCCCCCCCCCCC. The van der Waals surface area contributed by atoms with Crippen molar-refractivity contribution in [2.24, 2.45) is 0 Å². The summed E-state index contributed by atoms with van der Waals surface area (Å²) in [5.41, 5.74) is 0. The molecule has 0 aromatic carbocycles. The van der Waals surface area contributed by atoms with Crippen LogP contribution in [0.5, 0.6) is 0 Å². The molecule has 0 aliphatic rings. The molecule has 0 fully saturated rings. The highest BCUT2D eigenvalue weighted by Gasteiger charge is 2.27. The van der Waals surface area contributed by atoms with Gasteiger partial charge in [-0.05, 0) is 19.3 Å². The summed E-state index contributed by atoms with van der Waals surface area (Å²) in [5, 5.41) is 18.4. The molecule has 11 heteroatoms. The number of rotatable bonds is 48. The Labute approximate surface area is 374 Å². The third-order valence-electron chi connectivity index (χ3n) is 11.2. The van der Waals surface area contributed by atoms with Crippen molar-refractivity contribution in [3.05, 3.63) is 24.3 Å². The fourth-order valence-electron chi connectivity index (χ4n) is 7.32. The second kappa shape index (κ2) is 46.4. The minimum atomic E-state index is -4.64. The zero-order valence-corrected chi connectivity index (χ0v) is 40.3. The highest BCUT2D eigenvalue weighted by molar-refractivity contribution is 7.47. The number of phosphoric acid groups is 1. The van der Waals surface area contributed by atoms with Crippen LogP contribution in [-0.4, -0.2) is 65.7 Å². The van der Waals surface area contributed by atoms with Gasteiger partial charge in [-0.3, -0.25) is 13.8 Å². The average molecular weight is 887 g/mol. The molecule has 0 bridgehead atoms. The lowest BCUT2D eigenvalue weighted by Crippen LogP contribution is -2.29. The van der Waals surface area contributed by atoms with Gasteiger partial charge in [0, 0.05) is 12.5 Å². The normalized spacial score (nSPS) is 13.9. The van der Waals surface area contributed by atoms with Gasteiger partial charge in [-0.2, -0.15) is 0 Å². The lowest BCUT2D eigenvalue weighted by molar-refractivity contribution is -0.159. The summed E-state index contributed by atoms with van der Waals surface area (Å²) in [7, 11) is -4.64. The van der Waals surface area contributed by atoms with Crippen molar-refractivity contribution in [2.75, 3.05) is 26.4 Å². The van der Waals surface area contributed by atoms with E-state index in [-0.39, 0.29) is 13.0 Å². The van der Waals surface area contributed by atoms with E-state index in [0.717, 1.165) is 32.1 Å². The van der Waals surface area contributed by atoms with Crippen LogP contribution in [0.3, 0.4) is 0 Å². The number of esters is 2. The summed E-state index contributed by atoms with van der Waals surface area (Å²) in [5.74, 6) is -1.16. The Morgan fingerprint density at radius 3 is 1.31 bits per heavy atom. The lowest BCUT2D eigenvalue weighted by Gasteiger charge is -2.20. The second-order valence-electron chi connectivity index (χ2n) is 17.3. The number of phosphoric ester groups is 1. The maximum atomic E-state index is 12.7. The molecule has 0 aliphatic carbocycles. The van der Waals surface area contributed by atoms with E-state index in [1.807, 2.05) is 6.08 Å². The second-order valence-corrected chi connectivity index (χ2v) is 18.7. The number of unbranched alkanes of at least 4 members (excludes halogenated alkanes) is 33. The van der Waals surface area contributed by atoms with Crippen LogP contribution >= 0.6 is 7.82 Å². The number of carbonyl (C=O) groups excluding carboxylic acids is 2. The van der Waals surface area contributed by atoms with Crippen molar-refractivity contribution in [3.63, 3.8) is 0 Å². The van der Waals surface area contributed by atoms with E-state index in [2.05, 4.69) is 13.8 Å². The van der Waals surface area contributed by atoms with Crippen LogP contribution in [0.4, 0.5) is 0 Å². The molecule has 61 heavy (non-hydrogen) atoms. The number of hydrogen-bond acceptors (Lipinski definition) is 9. The molecular formula is C50H95O10P. The minimum Gasteiger partial charge on any atom is -0.458 e. The molecule has 0 spiro atoms. The third-order valence-corrected chi connectivity index (χ3v) is 12.2. The van der Waals surface area contributed by atoms with Gasteiger partial charge in [-0.1, -0.05) is 238 Å². The van der Waals surface area contributed by atoms with Gasteiger partial charge in [0.05, 0.1) is 19.8 Å². The summed E-state index contributed by atoms with van der Waals surface area (Å²) in [6, 6.07) is 0. The minimum absolute atomic E-state index is 0.170. The van der Waals surface area contributed by atoms with Gasteiger partial charge in [-0.15, -0.1) is 0 Å². The molecule has 3 N–H and O–H groups in total. The van der Waals surface area contributed by atoms with E-state index >= 15 is 0 Å². The summed E-state index contributed by atoms with van der Waals surface area (Å²) in [6.07, 6.45) is 49.3. The third kappa shape index (κ3) is 46.3. The molecule has 0 radical (unpaired) electrons. The summed E-state index contributed by atoms with van der Waals surface area (Å²) < 4.78 is 32.6. The summed E-state index contributed by atoms with van der Waals surface area (Å²) >= 11 is 0. The van der Waals surface area contributed by atoms with Gasteiger partial charge < -0.3 is 24.6 Å². The molecule has 360 valence electrons. The van der Waals surface area contributed by atoms with E-state index in [1.54, 1.807) is 12.2 Å². The number of carbonyl (C=O) groups is 2. The zero-order valence-electron chi connectivity index (χ0n) is 39.4. The maximum Gasteiger partial charge on any atom is 0.472 e. The zero-order chi connectivity index (χ0) is 44.8. The van der Waals surface area contributed by atoms with Crippen molar-refractivity contribution in [2.45, 2.75) is 257 Å². The van der Waals surface area contributed by atoms with Crippen LogP contribution in [0.15, 0.2) is 24.3 Å². The lowest BCUT2D eigenvalue weighted by atomic mass is 10.0. The van der Waals surface area contributed by atoms with Gasteiger partial charge in [0.1, 0.15) is 12.7 Å². The smallest absolute Gasteiger partial charge is 0.458 e. The molecule has 0 aliphatic heterocycles. The van der Waals surface area contributed by atoms with Gasteiger partial charge in [0.15, 0.2) is 6.10 Å². The maximum absolute atomic E-state index is 12.7. The number of allylic oxidation sites excluding steroid dienone is 3. The standard InChI is InChI=1S/C50H95O10P/c1-3-5-7-9-11-13-15-17-19-20-21-22-23-24-25-26-28-30-32-34-36-38-40-42-50(54)60-48(46-59-61(55,56)58-44-47(52)43-51)45-57-49(53)41-39-37-35-33-31-29-27-18-16-14-12-10-8-6-4-2/h35,37,39,41,47-48,51-52H,3-34,36,38,40,42-46H2,1-2H3,(H,55,56)/b37-35+,41-39+/t47-,48+/m0/s1. The van der Waals surface area contributed by atoms with Crippen LogP contribution in [0.2, 0.25) is 0 Å². The number of ether oxygens (including phenoxy) is 2. The van der Waals surface area contributed by atoms with Crippen molar-refractivity contribution in [1.29, 1.82) is 0 Å². The first-order valence-electron chi connectivity index (χ1n) is 25.3. The molecule has 0 saturated carbocycles. The Morgan fingerprint density at radius 1 is 0.525 bits per heavy atom. The first kappa shape index (κ1) is 59.5. The van der Waals surface area contributed by atoms with Gasteiger partial charge in [0.25, 0.3) is 0 Å². The predicted octanol–water partition coefficient (Wildman–Crippen LogP) is 14.1. The molecule has 1 unspecified atom stereocenters. The largest absolute Gasteiger partial charge is 0.472 e. The van der Waals surface area contributed by atoms with Gasteiger partial charge in [-0.25, -0.2) is 9.36 Å². The molecule has 0 saturated heterocycles. The Morgan fingerprint density at radius 2 is 0.902 bits per heavy atom. The van der Waals surface area contributed by atoms with Crippen LogP contribution < -0.4 is 0 Å². The summed E-state index contributed by atoms with van der Waals surface area (Å²) in [4.78, 5) is 35.0. The van der Waals surface area contributed by atoms with E-state index < -0.39 is 51.8 Å². The number of aliphatic hydroxyl groups excluding tert-OH is 2. The molecule has 0 rings (SSSR count). The topological polar surface area (TPSA) is 149 Å². The molecule has 0 amide bonds. The fraction of sp³-hybridized carbons (Fsp3) is 0.880. The Bertz CT molecular complexity index is 1070. The molecule has 10 nitrogen and oxygen atoms in total. The van der Waals surface area contributed by atoms with E-state index in [0.29, 0.717) is 6.42 Å². The fourth-order valence-corrected chi connectivity index (χ4v) is 8.11. The molecule has 0 aromatic heterocycles. The van der Waals surface area contributed by atoms with Crippen LogP contribution in [0.1, 0.15) is 245 Å². The van der Waals surface area contributed by atoms with Crippen molar-refractivity contribution >= 4 is 19.8 Å². The first-order chi connectivity index (χ1) is 29.7. The van der Waals surface area contributed by atoms with E-state index in [1.165, 1.54) is 192 Å². The van der Waals surface area contributed by atoms with Crippen molar-refractivity contribution in [3.8, 4) is 0 Å². The quantitative estimate of drug-likeness (QED) is 0.0177. The van der Waals surface area contributed by atoms with Crippen LogP contribution in [0.25, 0.3) is 0 Å². The first-order valence-corrected chi connectivity index (χ1v) is 26.8. The Balaban J connectivity index is 4.19. The van der Waals surface area contributed by atoms with Crippen LogP contribution in [-0.2, 0) is 32.7 Å². The van der Waals surface area contributed by atoms with Gasteiger partial charge in [0.2, 0.25) is 0 Å². The molecule has 0 aromatic rings. The Hall–Kier alpha value is -1.55. The predicted molar refractivity (Wildman–Crippen MR) is 252 cm³/mol. The van der Waals surface area contributed by atoms with Crippen molar-refractivity contribution < 1.29 is 47.8 Å². The van der Waals surface area contributed by atoms with Gasteiger partial charge >= 0.3 is 19.8 Å². The van der Waals surface area contributed by atoms with E-state index in [9.17, 15) is 24.2 Å². The van der Waals surface area contributed by atoms with Crippen LogP contribution in [0, 0.1) is 0 Å². The molecule has 3 atom stereocenters. The monoisotopic (exact) mass is 887 g/mol. The Kier molecular flexibility index (Phi) is 45.3. The summed E-state index contributed by atoms with van der Waals surface area (Å²) in [6.45, 7) is 2.30. The highest BCUT2D eigenvalue weighted by Crippen LogP contribution is 2.43. The van der Waals surface area contributed by atoms with E-state index in [4.69, 9.17) is 23.6 Å². The highest BCUT2D eigenvalue weighted by atomic mass is 31.2. The molecule has 0 heterocycles.